The van der Waals surface area contributed by atoms with E-state index < -0.39 is 0 Å². The molecule has 0 spiro atoms. The molecule has 0 saturated heterocycles. The summed E-state index contributed by atoms with van der Waals surface area (Å²) in [6, 6.07) is 5.00. The third-order valence-electron chi connectivity index (χ3n) is 5.68. The van der Waals surface area contributed by atoms with Gasteiger partial charge in [-0.3, -0.25) is 9.69 Å². The van der Waals surface area contributed by atoms with Gasteiger partial charge in [-0.05, 0) is 109 Å². The third-order valence-corrected chi connectivity index (χ3v) is 6.12. The number of halogens is 2. The predicted molar refractivity (Wildman–Crippen MR) is 157 cm³/mol. The van der Waals surface area contributed by atoms with Crippen molar-refractivity contribution in [2.75, 3.05) is 47.4 Å². The van der Waals surface area contributed by atoms with Crippen LogP contribution in [-0.2, 0) is 4.74 Å². The zero-order valence-corrected chi connectivity index (χ0v) is 25.1. The molecule has 0 radical (unpaired) electrons. The number of carbonyl (C=O) groups excluding carboxylic acids is 1. The van der Waals surface area contributed by atoms with Crippen molar-refractivity contribution in [3.05, 3.63) is 69.4 Å². The van der Waals surface area contributed by atoms with E-state index in [-0.39, 0.29) is 11.9 Å². The van der Waals surface area contributed by atoms with E-state index >= 15 is 0 Å². The summed E-state index contributed by atoms with van der Waals surface area (Å²) in [5, 5.41) is 3.82. The maximum absolute atomic E-state index is 12.3. The number of rotatable bonds is 15. The van der Waals surface area contributed by atoms with Gasteiger partial charge in [0.2, 0.25) is 0 Å². The van der Waals surface area contributed by atoms with Gasteiger partial charge in [0.15, 0.2) is 0 Å². The molecule has 0 aliphatic rings. The maximum Gasteiger partial charge on any atom is 0.251 e. The van der Waals surface area contributed by atoms with Crippen molar-refractivity contribution in [2.45, 2.75) is 59.9 Å². The Labute approximate surface area is 230 Å². The van der Waals surface area contributed by atoms with E-state index in [0.717, 1.165) is 49.3 Å². The number of unbranched alkanes of at least 4 members (excludes halogenated alkanes) is 1. The predicted octanol–water partition coefficient (Wildman–Crippen LogP) is 7.22. The summed E-state index contributed by atoms with van der Waals surface area (Å²) in [5.41, 5.74) is 2.62. The Bertz CT molecular complexity index is 846. The summed E-state index contributed by atoms with van der Waals surface area (Å²) >= 11 is 12.0. The number of allylic oxidation sites excluding steroid dienone is 2. The molecule has 1 aromatic rings. The molecule has 1 unspecified atom stereocenters. The van der Waals surface area contributed by atoms with E-state index in [1.165, 1.54) is 0 Å². The highest BCUT2D eigenvalue weighted by molar-refractivity contribution is 6.35. The number of benzene rings is 1. The SMILES string of the molecule is C=C(/C(C)=C\C(=C/C)OCCCCN(C)C)C(C)N(C)CCCNC(=O)c1cc(Cl)cc(Cl)c1.CC. The zero-order chi connectivity index (χ0) is 27.7. The van der Waals surface area contributed by atoms with Crippen molar-refractivity contribution < 1.29 is 9.53 Å². The van der Waals surface area contributed by atoms with E-state index in [1.807, 2.05) is 26.8 Å². The van der Waals surface area contributed by atoms with Crippen LogP contribution < -0.4 is 5.32 Å². The van der Waals surface area contributed by atoms with Gasteiger partial charge >= 0.3 is 0 Å². The average Bonchev–Trinajstić information content (AvgIpc) is 2.84. The van der Waals surface area contributed by atoms with Crippen molar-refractivity contribution in [3.8, 4) is 0 Å². The van der Waals surface area contributed by atoms with Crippen LogP contribution in [0.3, 0.4) is 0 Å². The fraction of sp³-hybridized carbons (Fsp3) is 0.552. The molecule has 0 fully saturated rings. The number of nitrogens with zero attached hydrogens (tertiary/aromatic N) is 2. The summed E-state index contributed by atoms with van der Waals surface area (Å²) in [6.45, 7) is 17.7. The van der Waals surface area contributed by atoms with Gasteiger partial charge in [0.25, 0.3) is 5.91 Å². The number of hydrogen-bond acceptors (Lipinski definition) is 4. The molecule has 204 valence electrons. The lowest BCUT2D eigenvalue weighted by Crippen LogP contribution is -2.34. The molecule has 36 heavy (non-hydrogen) atoms. The average molecular weight is 541 g/mol. The van der Waals surface area contributed by atoms with Crippen molar-refractivity contribution in [1.82, 2.24) is 15.1 Å². The van der Waals surface area contributed by atoms with Crippen LogP contribution in [0.1, 0.15) is 64.2 Å². The molecular weight excluding hydrogens is 493 g/mol. The van der Waals surface area contributed by atoms with Gasteiger partial charge < -0.3 is 15.0 Å². The third kappa shape index (κ3) is 14.1. The quantitative estimate of drug-likeness (QED) is 0.145. The lowest BCUT2D eigenvalue weighted by Gasteiger charge is -2.27. The highest BCUT2D eigenvalue weighted by atomic mass is 35.5. The number of carbonyl (C=O) groups is 1. The van der Waals surface area contributed by atoms with E-state index in [4.69, 9.17) is 27.9 Å². The second kappa shape index (κ2) is 19.3. The van der Waals surface area contributed by atoms with Gasteiger partial charge in [0.1, 0.15) is 5.76 Å². The first-order valence-electron chi connectivity index (χ1n) is 12.8. The Morgan fingerprint density at radius 1 is 1.08 bits per heavy atom. The molecule has 0 saturated carbocycles. The fourth-order valence-electron chi connectivity index (χ4n) is 3.34. The summed E-state index contributed by atoms with van der Waals surface area (Å²) in [4.78, 5) is 16.7. The van der Waals surface area contributed by atoms with Crippen molar-refractivity contribution >= 4 is 29.1 Å². The number of nitrogens with one attached hydrogen (secondary N) is 1. The molecule has 5 nitrogen and oxygen atoms in total. The first-order chi connectivity index (χ1) is 17.0. The Hall–Kier alpha value is -1.79. The van der Waals surface area contributed by atoms with Gasteiger partial charge in [-0.2, -0.15) is 0 Å². The smallest absolute Gasteiger partial charge is 0.251 e. The number of amides is 1. The molecule has 1 atom stereocenters. The van der Waals surface area contributed by atoms with Crippen LogP contribution in [0.15, 0.2) is 53.8 Å². The van der Waals surface area contributed by atoms with Crippen LogP contribution in [0, 0.1) is 0 Å². The maximum atomic E-state index is 12.3. The molecule has 7 heteroatoms. The fourth-order valence-corrected chi connectivity index (χ4v) is 3.87. The molecule has 0 heterocycles. The van der Waals surface area contributed by atoms with Gasteiger partial charge in [-0.25, -0.2) is 0 Å². The molecule has 1 aromatic carbocycles. The van der Waals surface area contributed by atoms with Gasteiger partial charge in [-0.15, -0.1) is 0 Å². The summed E-state index contributed by atoms with van der Waals surface area (Å²) < 4.78 is 5.94. The highest BCUT2D eigenvalue weighted by Gasteiger charge is 2.14. The van der Waals surface area contributed by atoms with E-state index in [9.17, 15) is 4.79 Å². The van der Waals surface area contributed by atoms with Crippen molar-refractivity contribution in [1.29, 1.82) is 0 Å². The van der Waals surface area contributed by atoms with Crippen LogP contribution in [0.25, 0.3) is 0 Å². The molecule has 0 aliphatic carbocycles. The second-order valence-corrected chi connectivity index (χ2v) is 9.70. The van der Waals surface area contributed by atoms with Crippen LogP contribution in [0.4, 0.5) is 0 Å². The minimum absolute atomic E-state index is 0.164. The largest absolute Gasteiger partial charge is 0.494 e. The summed E-state index contributed by atoms with van der Waals surface area (Å²) in [5.74, 6) is 0.700. The van der Waals surface area contributed by atoms with E-state index in [1.54, 1.807) is 18.2 Å². The van der Waals surface area contributed by atoms with Gasteiger partial charge in [0, 0.05) is 34.7 Å². The van der Waals surface area contributed by atoms with Crippen molar-refractivity contribution in [3.63, 3.8) is 0 Å². The molecule has 0 aromatic heterocycles. The molecular formula is C29H47Cl2N3O2. The Morgan fingerprint density at radius 3 is 2.25 bits per heavy atom. The van der Waals surface area contributed by atoms with Crippen LogP contribution >= 0.6 is 23.2 Å². The first kappa shape index (κ1) is 34.2. The normalized spacial score (nSPS) is 12.8. The minimum atomic E-state index is -0.177. The summed E-state index contributed by atoms with van der Waals surface area (Å²) in [6.07, 6.45) is 7.02. The second-order valence-electron chi connectivity index (χ2n) is 8.83. The summed E-state index contributed by atoms with van der Waals surface area (Å²) in [7, 11) is 6.24. The van der Waals surface area contributed by atoms with E-state index in [0.29, 0.717) is 28.8 Å². The first-order valence-corrected chi connectivity index (χ1v) is 13.6. The zero-order valence-electron chi connectivity index (χ0n) is 23.6. The van der Waals surface area contributed by atoms with Gasteiger partial charge in [-0.1, -0.05) is 43.6 Å². The highest BCUT2D eigenvalue weighted by Crippen LogP contribution is 2.20. The number of hydrogen-bond donors (Lipinski definition) is 1. The van der Waals surface area contributed by atoms with Gasteiger partial charge in [0.05, 0.1) is 6.61 Å². The molecule has 0 bridgehead atoms. The van der Waals surface area contributed by atoms with Crippen LogP contribution in [0.2, 0.25) is 10.0 Å². The van der Waals surface area contributed by atoms with Crippen LogP contribution in [0.5, 0.6) is 0 Å². The monoisotopic (exact) mass is 539 g/mol. The minimum Gasteiger partial charge on any atom is -0.494 e. The Morgan fingerprint density at radius 2 is 1.69 bits per heavy atom. The standard InChI is InChI=1S/C27H41Cl2N3O2.C2H6/c1-8-26(34-15-10-9-13-31(5)6)16-20(2)21(3)22(4)32(7)14-11-12-30-27(33)23-17-24(28)19-25(29)18-23;1-2/h8,16-19,22H,3,9-15H2,1-2,4-7H3,(H,30,33);1-2H3/b20-16-,26-8+;. The lowest BCUT2D eigenvalue weighted by atomic mass is 10.0. The molecule has 1 amide bonds. The Balaban J connectivity index is 0.00000596. The molecule has 1 rings (SSSR count). The van der Waals surface area contributed by atoms with Crippen molar-refractivity contribution in [2.24, 2.45) is 0 Å². The molecule has 1 N–H and O–H groups in total. The Kier molecular flexibility index (Phi) is 18.4. The van der Waals surface area contributed by atoms with E-state index in [2.05, 4.69) is 62.8 Å². The number of ether oxygens (including phenoxy) is 1. The topological polar surface area (TPSA) is 44.8 Å². The lowest BCUT2D eigenvalue weighted by molar-refractivity contribution is 0.0951. The molecule has 0 aliphatic heterocycles. The number of likely N-dealkylation sites (N-methyl/N-ethyl adjacent to an activating group) is 1. The van der Waals surface area contributed by atoms with Crippen LogP contribution in [-0.4, -0.2) is 69.1 Å².